The van der Waals surface area contributed by atoms with Crippen molar-refractivity contribution in [2.75, 3.05) is 0 Å². The summed E-state index contributed by atoms with van der Waals surface area (Å²) in [6.07, 6.45) is -12.9. The minimum atomic E-state index is -2.15. The largest absolute Gasteiger partial charge is 1.00 e. The van der Waals surface area contributed by atoms with Crippen LogP contribution in [0.4, 0.5) is 0 Å². The molecular formula is C41H60K2O17. The van der Waals surface area contributed by atoms with Crippen LogP contribution in [0.15, 0.2) is 11.6 Å². The van der Waals surface area contributed by atoms with Gasteiger partial charge in [-0.05, 0) is 103 Å². The monoisotopic (exact) mass is 902 g/mol. The van der Waals surface area contributed by atoms with E-state index in [-0.39, 0.29) is 143 Å². The first kappa shape index (κ1) is 53.3. The van der Waals surface area contributed by atoms with Crippen LogP contribution in [-0.4, -0.2) is 127 Å². The second-order valence-electron chi connectivity index (χ2n) is 19.8. The molecule has 60 heavy (non-hydrogen) atoms. The van der Waals surface area contributed by atoms with E-state index in [0.717, 1.165) is 24.8 Å². The van der Waals surface area contributed by atoms with Crippen molar-refractivity contribution in [2.24, 2.45) is 50.7 Å². The van der Waals surface area contributed by atoms with E-state index in [0.29, 0.717) is 38.5 Å². The zero-order chi connectivity index (χ0) is 41.9. The number of rotatable bonds is 7. The van der Waals surface area contributed by atoms with Crippen LogP contribution in [0.5, 0.6) is 0 Å². The molecule has 2 aliphatic heterocycles. The molecular weight excluding hydrogens is 843 g/mol. The summed E-state index contributed by atoms with van der Waals surface area (Å²) in [5, 5.41) is 86.7. The van der Waals surface area contributed by atoms with Gasteiger partial charge in [-0.2, -0.15) is 0 Å². The van der Waals surface area contributed by atoms with Crippen molar-refractivity contribution in [1.29, 1.82) is 0 Å². The number of fused-ring (bicyclic) bond motifs is 7. The number of carbonyl (C=O) groups is 4. The maximum atomic E-state index is 14.7. The van der Waals surface area contributed by atoms with Gasteiger partial charge >= 0.3 is 109 Å². The number of allylic oxidation sites excluding steroid dienone is 2. The Hall–Kier alpha value is 0.693. The fourth-order valence-corrected chi connectivity index (χ4v) is 13.2. The van der Waals surface area contributed by atoms with Gasteiger partial charge in [0, 0.05) is 5.92 Å². The summed E-state index contributed by atoms with van der Waals surface area (Å²) in [5.74, 6) is -5.42. The molecule has 0 spiro atoms. The summed E-state index contributed by atoms with van der Waals surface area (Å²) in [5.41, 5.74) is -0.943. The average molecular weight is 903 g/mol. The maximum Gasteiger partial charge on any atom is 1.00 e. The molecule has 7 rings (SSSR count). The van der Waals surface area contributed by atoms with E-state index in [4.69, 9.17) is 18.9 Å². The third kappa shape index (κ3) is 8.38. The van der Waals surface area contributed by atoms with Crippen molar-refractivity contribution in [2.45, 2.75) is 167 Å². The number of carbonyl (C=O) groups excluding carboxylic acids is 3. The molecule has 0 radical (unpaired) electrons. The van der Waals surface area contributed by atoms with Crippen molar-refractivity contribution in [3.05, 3.63) is 11.6 Å². The van der Waals surface area contributed by atoms with Gasteiger partial charge in [0.15, 0.2) is 18.4 Å². The zero-order valence-corrected chi connectivity index (χ0v) is 42.1. The molecule has 7 aliphatic rings. The van der Waals surface area contributed by atoms with E-state index in [1.54, 1.807) is 0 Å². The molecule has 328 valence electrons. The number of ether oxygens (including phenoxy) is 4. The second kappa shape index (κ2) is 18.8. The summed E-state index contributed by atoms with van der Waals surface area (Å²) >= 11 is 0. The van der Waals surface area contributed by atoms with E-state index < -0.39 is 108 Å². The molecule has 0 aromatic heterocycles. The number of aliphatic hydroxyl groups excluding tert-OH is 5. The molecule has 0 bridgehead atoms. The fourth-order valence-electron chi connectivity index (χ4n) is 13.2. The first-order valence-corrected chi connectivity index (χ1v) is 20.4. The van der Waals surface area contributed by atoms with Gasteiger partial charge in [0.2, 0.25) is 0 Å². The Labute approximate surface area is 434 Å². The van der Waals surface area contributed by atoms with E-state index in [1.165, 1.54) is 0 Å². The van der Waals surface area contributed by atoms with Gasteiger partial charge < -0.3 is 74.9 Å². The van der Waals surface area contributed by atoms with Crippen molar-refractivity contribution in [3.8, 4) is 0 Å². The molecule has 8 N–H and O–H groups in total. The normalized spacial score (nSPS) is 49.4. The van der Waals surface area contributed by atoms with E-state index in [1.807, 2.05) is 19.9 Å². The van der Waals surface area contributed by atoms with Gasteiger partial charge in [0.05, 0.1) is 24.0 Å². The smallest absolute Gasteiger partial charge is 0.547 e. The molecule has 5 aliphatic carbocycles. The van der Waals surface area contributed by atoms with Gasteiger partial charge in [-0.3, -0.25) is 9.59 Å². The van der Waals surface area contributed by atoms with Crippen LogP contribution in [0.1, 0.15) is 99.3 Å². The average Bonchev–Trinajstić information content (AvgIpc) is 3.12. The molecule has 6 fully saturated rings. The van der Waals surface area contributed by atoms with Crippen molar-refractivity contribution in [3.63, 3.8) is 0 Å². The van der Waals surface area contributed by atoms with Gasteiger partial charge in [-0.25, -0.2) is 0 Å². The van der Waals surface area contributed by atoms with E-state index in [9.17, 15) is 60.0 Å². The summed E-state index contributed by atoms with van der Waals surface area (Å²) in [6.45, 7) is 12.9. The summed E-state index contributed by atoms with van der Waals surface area (Å²) in [6, 6.07) is 0. The van der Waals surface area contributed by atoms with Crippen LogP contribution in [0.3, 0.4) is 0 Å². The Morgan fingerprint density at radius 1 is 0.733 bits per heavy atom. The molecule has 4 saturated carbocycles. The van der Waals surface area contributed by atoms with Crippen LogP contribution in [0.25, 0.3) is 0 Å². The number of aliphatic carboxylic acids is 3. The predicted octanol–water partition coefficient (Wildman–Crippen LogP) is -7.63. The Balaban J connectivity index is 0.00000265. The van der Waals surface area contributed by atoms with Crippen molar-refractivity contribution in [1.82, 2.24) is 0 Å². The van der Waals surface area contributed by atoms with Crippen LogP contribution >= 0.6 is 0 Å². The molecule has 0 aromatic carbocycles. The predicted molar refractivity (Wildman–Crippen MR) is 193 cm³/mol. The second-order valence-corrected chi connectivity index (χ2v) is 19.8. The van der Waals surface area contributed by atoms with Crippen molar-refractivity contribution < 1.29 is 187 Å². The van der Waals surface area contributed by atoms with Gasteiger partial charge in [0.1, 0.15) is 48.8 Å². The summed E-state index contributed by atoms with van der Waals surface area (Å²) in [7, 11) is 0. The van der Waals surface area contributed by atoms with Crippen LogP contribution in [0.2, 0.25) is 0 Å². The molecule has 0 aromatic rings. The third-order valence-corrected chi connectivity index (χ3v) is 16.7. The first-order valence-electron chi connectivity index (χ1n) is 20.4. The summed E-state index contributed by atoms with van der Waals surface area (Å²) in [4.78, 5) is 50.6. The molecule has 19 heteroatoms. The summed E-state index contributed by atoms with van der Waals surface area (Å²) < 4.78 is 23.1. The van der Waals surface area contributed by atoms with E-state index >= 15 is 0 Å². The van der Waals surface area contributed by atoms with Crippen LogP contribution in [0, 0.1) is 50.7 Å². The van der Waals surface area contributed by atoms with Gasteiger partial charge in [-0.15, -0.1) is 0 Å². The Morgan fingerprint density at radius 2 is 1.32 bits per heavy atom. The van der Waals surface area contributed by atoms with Crippen LogP contribution < -0.4 is 113 Å². The fraction of sp³-hybridized carbons (Fsp3) is 0.854. The molecule has 1 unspecified atom stereocenters. The number of hydrogen-bond donors (Lipinski definition) is 6. The first-order chi connectivity index (χ1) is 26.4. The standard InChI is InChI=1S/C41H60O16.2K.H2O/c1-37(2)21-8-12-41(6)31(20(42)16-19-18-15-17(32(48)49)7-10-38(18,3)13-14-40(19,41)5)39(21,4)11-9-22(37)54-36-30(26(46)25(45)29(56-36)34(52)53)57-35-27(47)23(43)24(44)28(55-35)33(50)51;;;/h16-18,21-31,35-36,43-47H,7-15H2,1-6H3,(H,48,49)(H,50,51)(H,52,53);;;1H2/q;2*+1;/p-2/t17-,18-,21-,22?,23-,24-,25-,26-,27+,28-,29-,30+,31+,35-,36+,38+,39-,40+,41+;;;/m0.../s1. The molecule has 2 saturated heterocycles. The number of hydrogen-bond acceptors (Lipinski definition) is 15. The van der Waals surface area contributed by atoms with Gasteiger partial charge in [-0.1, -0.05) is 47.1 Å². The molecule has 17 nitrogen and oxygen atoms in total. The van der Waals surface area contributed by atoms with Gasteiger partial charge in [0.25, 0.3) is 0 Å². The maximum absolute atomic E-state index is 14.7. The number of ketones is 1. The molecule has 2 heterocycles. The topological polar surface area (TPSA) is 304 Å². The minimum absolute atomic E-state index is 0. The zero-order valence-electron chi connectivity index (χ0n) is 35.9. The van der Waals surface area contributed by atoms with Crippen LogP contribution in [-0.2, 0) is 38.1 Å². The number of carboxylic acid groups (broad SMARTS) is 3. The molecule has 0 amide bonds. The third-order valence-electron chi connectivity index (χ3n) is 16.7. The Morgan fingerprint density at radius 3 is 1.90 bits per heavy atom. The number of carboxylic acids is 3. The Bertz CT molecular complexity index is 1690. The number of aliphatic hydroxyl groups is 5. The molecule has 19 atom stereocenters. The Kier molecular flexibility index (Phi) is 16.7. The quantitative estimate of drug-likeness (QED) is 0.102. The SMILES string of the molecule is CC1(C)C(O[C@@H]2O[C@H](C(=O)[O-])[C@@H](O)[C@H](O)[C@H]2O[C@@H]2O[C@H](C(=O)[O-])[C@@H](O)[C@H](O)[C@H]2O)CC[C@]2(C)[C@H]3C(=O)C=C4[C@@H]5C[C@@H](C(=O)O)CC[C@]5(C)CC[C@@]4(C)[C@]3(C)CC[C@@H]12.O.[K+].[K+]. The minimum Gasteiger partial charge on any atom is -0.547 e. The van der Waals surface area contributed by atoms with E-state index in [2.05, 4.69) is 27.7 Å². The van der Waals surface area contributed by atoms with Crippen molar-refractivity contribution >= 4 is 23.7 Å².